The number of thioether (sulfide) groups is 1. The van der Waals surface area contributed by atoms with Crippen LogP contribution in [0.15, 0.2) is 65.8 Å². The molecule has 0 fully saturated rings. The number of nitrogens with zero attached hydrogens (tertiary/aromatic N) is 4. The van der Waals surface area contributed by atoms with Gasteiger partial charge < -0.3 is 9.47 Å². The quantitative estimate of drug-likeness (QED) is 0.189. The fourth-order valence-electron chi connectivity index (χ4n) is 4.48. The molecule has 4 aromatic rings. The molecule has 37 heavy (non-hydrogen) atoms. The zero-order valence-corrected chi connectivity index (χ0v) is 22.1. The fraction of sp³-hybridized carbons (Fsp3) is 0.310. The zero-order valence-electron chi connectivity index (χ0n) is 21.3. The van der Waals surface area contributed by atoms with Crippen LogP contribution in [-0.2, 0) is 4.79 Å². The smallest absolute Gasteiger partial charge is 0.247 e. The third-order valence-corrected chi connectivity index (χ3v) is 7.14. The summed E-state index contributed by atoms with van der Waals surface area (Å²) in [5.41, 5.74) is 2.73. The van der Waals surface area contributed by atoms with Crippen LogP contribution >= 0.6 is 11.8 Å². The molecule has 1 unspecified atom stereocenters. The fourth-order valence-corrected chi connectivity index (χ4v) is 5.34. The van der Waals surface area contributed by atoms with Crippen LogP contribution in [0.3, 0.4) is 0 Å². The van der Waals surface area contributed by atoms with Crippen LogP contribution in [0, 0.1) is 0 Å². The van der Waals surface area contributed by atoms with Crippen molar-refractivity contribution in [3.8, 4) is 22.9 Å². The van der Waals surface area contributed by atoms with Crippen LogP contribution in [0.5, 0.6) is 11.6 Å². The van der Waals surface area contributed by atoms with Crippen LogP contribution in [0.2, 0.25) is 0 Å². The highest BCUT2D eigenvalue weighted by molar-refractivity contribution is 7.99. The van der Waals surface area contributed by atoms with E-state index in [2.05, 4.69) is 24.0 Å². The van der Waals surface area contributed by atoms with Crippen molar-refractivity contribution in [2.45, 2.75) is 51.4 Å². The largest absolute Gasteiger partial charge is 0.493 e. The number of hydrogen-bond donors (Lipinski definition) is 0. The number of ether oxygens (including phenoxy) is 2. The normalized spacial score (nSPS) is 14.5. The summed E-state index contributed by atoms with van der Waals surface area (Å²) in [6.45, 7) is 6.32. The van der Waals surface area contributed by atoms with Gasteiger partial charge >= 0.3 is 0 Å². The molecule has 0 saturated carbocycles. The summed E-state index contributed by atoms with van der Waals surface area (Å²) in [5, 5.41) is 11.4. The molecule has 1 aliphatic rings. The number of unbranched alkanes of at least 4 members (excludes halogenated alkanes) is 1. The number of para-hydroxylation sites is 1. The molecule has 1 amide bonds. The molecule has 0 aliphatic carbocycles. The Bertz CT molecular complexity index is 1430. The molecule has 0 spiro atoms. The van der Waals surface area contributed by atoms with Crippen molar-refractivity contribution in [3.05, 3.63) is 66.2 Å². The van der Waals surface area contributed by atoms with Crippen LogP contribution < -0.4 is 14.4 Å². The minimum Gasteiger partial charge on any atom is -0.493 e. The average Bonchev–Trinajstić information content (AvgIpc) is 3.06. The van der Waals surface area contributed by atoms with Crippen LogP contribution in [0.25, 0.3) is 22.0 Å². The third kappa shape index (κ3) is 4.98. The summed E-state index contributed by atoms with van der Waals surface area (Å²) in [6.07, 6.45) is 2.19. The van der Waals surface area contributed by atoms with Crippen molar-refractivity contribution in [1.82, 2.24) is 15.2 Å². The molecular formula is C29H30N4O3S. The minimum atomic E-state index is -0.817. The highest BCUT2D eigenvalue weighted by atomic mass is 32.2. The standard InChI is InChI=1S/C29H30N4O3S/c1-4-6-18-37-29-30-27-26(31-32-29)22-13-9-10-14-23(22)33(19(3)34)28(36-27)25-21-12-8-7-11-20(21)15-16-24(25)35-17-5-2/h7-16,28H,4-6,17-18H2,1-3H3. The van der Waals surface area contributed by atoms with Crippen LogP contribution in [-0.4, -0.2) is 33.4 Å². The summed E-state index contributed by atoms with van der Waals surface area (Å²) < 4.78 is 12.9. The van der Waals surface area contributed by atoms with Crippen molar-refractivity contribution < 1.29 is 14.3 Å². The van der Waals surface area contributed by atoms with Gasteiger partial charge in [-0.15, -0.1) is 10.2 Å². The van der Waals surface area contributed by atoms with Crippen molar-refractivity contribution in [1.29, 1.82) is 0 Å². The number of rotatable bonds is 8. The maximum Gasteiger partial charge on any atom is 0.247 e. The third-order valence-electron chi connectivity index (χ3n) is 6.22. The Labute approximate surface area is 221 Å². The van der Waals surface area contributed by atoms with Gasteiger partial charge in [0.1, 0.15) is 5.75 Å². The van der Waals surface area contributed by atoms with Gasteiger partial charge in [0.2, 0.25) is 23.2 Å². The monoisotopic (exact) mass is 514 g/mol. The summed E-state index contributed by atoms with van der Waals surface area (Å²) in [5.74, 6) is 1.77. The Hall–Kier alpha value is -3.65. The first kappa shape index (κ1) is 25.0. The molecule has 3 aromatic carbocycles. The highest BCUT2D eigenvalue weighted by Crippen LogP contribution is 2.46. The van der Waals surface area contributed by atoms with E-state index in [1.54, 1.807) is 23.6 Å². The number of hydrogen-bond acceptors (Lipinski definition) is 7. The lowest BCUT2D eigenvalue weighted by atomic mass is 10.0. The second kappa shape index (κ2) is 11.2. The van der Waals surface area contributed by atoms with Gasteiger partial charge in [-0.3, -0.25) is 9.69 Å². The first-order valence-corrected chi connectivity index (χ1v) is 13.7. The van der Waals surface area contributed by atoms with Gasteiger partial charge in [-0.1, -0.05) is 80.6 Å². The number of carbonyl (C=O) groups is 1. The van der Waals surface area contributed by atoms with E-state index in [0.717, 1.165) is 46.9 Å². The molecular weight excluding hydrogens is 484 g/mol. The molecule has 5 rings (SSSR count). The van der Waals surface area contributed by atoms with E-state index in [-0.39, 0.29) is 5.91 Å². The number of fused-ring (bicyclic) bond motifs is 4. The SMILES string of the molecule is CCCCSc1nnc2c(n1)OC(c1c(OCCC)ccc3ccccc13)N(C(C)=O)c1ccccc1-2. The number of carbonyl (C=O) groups excluding carboxylic acids is 1. The average molecular weight is 515 g/mol. The van der Waals surface area contributed by atoms with Gasteiger partial charge in [0.25, 0.3) is 0 Å². The summed E-state index contributed by atoms with van der Waals surface area (Å²) in [7, 11) is 0. The lowest BCUT2D eigenvalue weighted by Crippen LogP contribution is -2.36. The second-order valence-electron chi connectivity index (χ2n) is 8.87. The predicted molar refractivity (Wildman–Crippen MR) is 147 cm³/mol. The van der Waals surface area contributed by atoms with E-state index < -0.39 is 6.23 Å². The number of aromatic nitrogens is 3. The summed E-state index contributed by atoms with van der Waals surface area (Å²) >= 11 is 1.56. The van der Waals surface area contributed by atoms with Crippen LogP contribution in [0.1, 0.15) is 51.8 Å². The van der Waals surface area contributed by atoms with Crippen molar-refractivity contribution in [2.75, 3.05) is 17.3 Å². The lowest BCUT2D eigenvalue weighted by molar-refractivity contribution is -0.118. The van der Waals surface area contributed by atoms with Gasteiger partial charge in [-0.2, -0.15) is 4.98 Å². The van der Waals surface area contributed by atoms with Gasteiger partial charge in [0.15, 0.2) is 5.69 Å². The van der Waals surface area contributed by atoms with Gasteiger partial charge in [0, 0.05) is 18.2 Å². The lowest BCUT2D eigenvalue weighted by Gasteiger charge is -2.31. The zero-order chi connectivity index (χ0) is 25.8. The van der Waals surface area contributed by atoms with E-state index in [1.165, 1.54) is 0 Å². The molecule has 7 nitrogen and oxygen atoms in total. The first-order valence-electron chi connectivity index (χ1n) is 12.7. The molecule has 2 heterocycles. The topological polar surface area (TPSA) is 77.4 Å². The first-order chi connectivity index (χ1) is 18.1. The molecule has 0 radical (unpaired) electrons. The van der Waals surface area contributed by atoms with Gasteiger partial charge in [-0.25, -0.2) is 0 Å². The number of amides is 1. The highest BCUT2D eigenvalue weighted by Gasteiger charge is 2.37. The maximum absolute atomic E-state index is 13.3. The summed E-state index contributed by atoms with van der Waals surface area (Å²) in [6, 6.07) is 19.7. The molecule has 190 valence electrons. The molecule has 1 aliphatic heterocycles. The van der Waals surface area contributed by atoms with E-state index in [9.17, 15) is 4.79 Å². The molecule has 8 heteroatoms. The van der Waals surface area contributed by atoms with Gasteiger partial charge in [-0.05, 0) is 35.7 Å². The minimum absolute atomic E-state index is 0.162. The second-order valence-corrected chi connectivity index (χ2v) is 9.94. The van der Waals surface area contributed by atoms with Crippen molar-refractivity contribution in [2.24, 2.45) is 0 Å². The van der Waals surface area contributed by atoms with E-state index in [4.69, 9.17) is 14.5 Å². The number of anilines is 1. The molecule has 0 bridgehead atoms. The van der Waals surface area contributed by atoms with Crippen molar-refractivity contribution in [3.63, 3.8) is 0 Å². The Kier molecular flexibility index (Phi) is 7.55. The molecule has 0 N–H and O–H groups in total. The van der Waals surface area contributed by atoms with E-state index in [1.807, 2.05) is 60.7 Å². The number of benzene rings is 3. The Morgan fingerprint density at radius 1 is 1.03 bits per heavy atom. The van der Waals surface area contributed by atoms with Crippen molar-refractivity contribution >= 4 is 34.1 Å². The Morgan fingerprint density at radius 2 is 1.84 bits per heavy atom. The van der Waals surface area contributed by atoms with Gasteiger partial charge in [0.05, 0.1) is 17.9 Å². The Morgan fingerprint density at radius 3 is 2.65 bits per heavy atom. The van der Waals surface area contributed by atoms with E-state index >= 15 is 0 Å². The Balaban J connectivity index is 1.74. The molecule has 1 aromatic heterocycles. The van der Waals surface area contributed by atoms with Crippen LogP contribution in [0.4, 0.5) is 5.69 Å². The molecule has 0 saturated heterocycles. The molecule has 1 atom stereocenters. The summed E-state index contributed by atoms with van der Waals surface area (Å²) in [4.78, 5) is 19.7. The predicted octanol–water partition coefficient (Wildman–Crippen LogP) is 6.82. The maximum atomic E-state index is 13.3. The van der Waals surface area contributed by atoms with E-state index in [0.29, 0.717) is 34.8 Å².